The number of carbonyl (C=O) groups is 1. The van der Waals surface area contributed by atoms with Crippen LogP contribution in [0.3, 0.4) is 0 Å². The number of rotatable bonds is 5. The highest BCUT2D eigenvalue weighted by molar-refractivity contribution is 5.90. The van der Waals surface area contributed by atoms with Crippen LogP contribution in [0.5, 0.6) is 5.75 Å². The van der Waals surface area contributed by atoms with Gasteiger partial charge in [0.1, 0.15) is 17.4 Å². The van der Waals surface area contributed by atoms with Crippen LogP contribution < -0.4 is 9.57 Å². The van der Waals surface area contributed by atoms with E-state index in [-0.39, 0.29) is 6.10 Å². The molecule has 1 aliphatic rings. The number of carbonyl (C=O) groups excluding carboxylic acids is 1. The maximum Gasteiger partial charge on any atom is 0.365 e. The molecule has 0 aliphatic carbocycles. The maximum atomic E-state index is 12.3. The normalized spacial score (nSPS) is 17.8. The summed E-state index contributed by atoms with van der Waals surface area (Å²) in [5.41, 5.74) is 1.64. The molecule has 1 unspecified atom stereocenters. The third kappa shape index (κ3) is 3.84. The predicted octanol–water partition coefficient (Wildman–Crippen LogP) is 2.95. The number of likely N-dealkylation sites (tertiary alicyclic amines) is 1. The molecular weight excluding hydrogens is 356 g/mol. The Bertz CT molecular complexity index is 955. The average Bonchev–Trinajstić information content (AvgIpc) is 3.13. The lowest BCUT2D eigenvalue weighted by molar-refractivity contribution is 0.0408. The molecule has 0 N–H and O–H groups in total. The van der Waals surface area contributed by atoms with Crippen molar-refractivity contribution in [2.45, 2.75) is 38.8 Å². The zero-order chi connectivity index (χ0) is 19.5. The lowest BCUT2D eigenvalue weighted by Crippen LogP contribution is -2.44. The first-order valence-electron chi connectivity index (χ1n) is 9.64. The van der Waals surface area contributed by atoms with Gasteiger partial charge in [-0.25, -0.2) is 4.79 Å². The van der Waals surface area contributed by atoms with Crippen LogP contribution in [0.1, 0.15) is 37.0 Å². The third-order valence-corrected chi connectivity index (χ3v) is 5.02. The molecule has 7 nitrogen and oxygen atoms in total. The van der Waals surface area contributed by atoms with Gasteiger partial charge in [-0.3, -0.25) is 4.90 Å². The second kappa shape index (κ2) is 7.98. The minimum absolute atomic E-state index is 0.110. The molecule has 1 aliphatic heterocycles. The van der Waals surface area contributed by atoms with E-state index >= 15 is 0 Å². The molecule has 0 bridgehead atoms. The number of hydrogen-bond acceptors (Lipinski definition) is 6. The van der Waals surface area contributed by atoms with Gasteiger partial charge < -0.3 is 9.57 Å². The minimum atomic E-state index is -0.487. The lowest BCUT2D eigenvalue weighted by Gasteiger charge is -2.35. The largest absolute Gasteiger partial charge is 0.487 e. The number of benzene rings is 2. The molecule has 3 aromatic rings. The van der Waals surface area contributed by atoms with E-state index in [1.54, 1.807) is 24.3 Å². The molecular formula is C21H24N4O3. The van der Waals surface area contributed by atoms with Crippen molar-refractivity contribution >= 4 is 17.0 Å². The molecule has 1 saturated heterocycles. The molecule has 0 spiro atoms. The molecule has 2 aromatic carbocycles. The van der Waals surface area contributed by atoms with Crippen LogP contribution in [0.25, 0.3) is 11.0 Å². The number of aromatic nitrogens is 3. The Morgan fingerprint density at radius 3 is 2.75 bits per heavy atom. The summed E-state index contributed by atoms with van der Waals surface area (Å²) < 4.78 is 6.25. The van der Waals surface area contributed by atoms with Crippen LogP contribution in [0.15, 0.2) is 48.5 Å². The zero-order valence-electron chi connectivity index (χ0n) is 16.1. The van der Waals surface area contributed by atoms with Gasteiger partial charge in [0.25, 0.3) is 0 Å². The molecule has 1 atom stereocenters. The number of ether oxygens (including phenoxy) is 1. The molecule has 2 heterocycles. The van der Waals surface area contributed by atoms with Gasteiger partial charge in [-0.05, 0) is 62.7 Å². The Labute approximate surface area is 163 Å². The molecule has 0 amide bonds. The molecule has 4 rings (SSSR count). The molecule has 1 fully saturated rings. The Morgan fingerprint density at radius 1 is 1.14 bits per heavy atom. The summed E-state index contributed by atoms with van der Waals surface area (Å²) in [6.45, 7) is 6.41. The number of piperidine rings is 1. The predicted molar refractivity (Wildman–Crippen MR) is 105 cm³/mol. The summed E-state index contributed by atoms with van der Waals surface area (Å²) in [7, 11) is 0. The highest BCUT2D eigenvalue weighted by Gasteiger charge is 2.24. The topological polar surface area (TPSA) is 69.5 Å². The average molecular weight is 380 g/mol. The fourth-order valence-corrected chi connectivity index (χ4v) is 3.48. The second-order valence-corrected chi connectivity index (χ2v) is 7.30. The van der Waals surface area contributed by atoms with Gasteiger partial charge in [0, 0.05) is 12.6 Å². The van der Waals surface area contributed by atoms with Crippen LogP contribution in [-0.2, 0) is 0 Å². The Balaban J connectivity index is 1.53. The van der Waals surface area contributed by atoms with Gasteiger partial charge in [0.05, 0.1) is 5.56 Å². The van der Waals surface area contributed by atoms with E-state index in [4.69, 9.17) is 9.57 Å². The van der Waals surface area contributed by atoms with Crippen molar-refractivity contribution in [2.75, 3.05) is 13.1 Å². The van der Waals surface area contributed by atoms with Gasteiger partial charge in [0.15, 0.2) is 5.52 Å². The summed E-state index contributed by atoms with van der Waals surface area (Å²) >= 11 is 0. The van der Waals surface area contributed by atoms with E-state index in [0.29, 0.717) is 28.4 Å². The molecule has 0 radical (unpaired) electrons. The summed E-state index contributed by atoms with van der Waals surface area (Å²) in [6, 6.07) is 14.9. The summed E-state index contributed by atoms with van der Waals surface area (Å²) in [4.78, 5) is 21.3. The number of hydrogen-bond donors (Lipinski definition) is 0. The first-order valence-corrected chi connectivity index (χ1v) is 9.64. The lowest BCUT2D eigenvalue weighted by atomic mass is 10.1. The van der Waals surface area contributed by atoms with Crippen molar-refractivity contribution in [2.24, 2.45) is 0 Å². The highest BCUT2D eigenvalue weighted by atomic mass is 16.7. The van der Waals surface area contributed by atoms with E-state index in [1.165, 1.54) is 0 Å². The smallest absolute Gasteiger partial charge is 0.365 e. The van der Waals surface area contributed by atoms with E-state index < -0.39 is 5.97 Å². The summed E-state index contributed by atoms with van der Waals surface area (Å²) in [5.74, 6) is 0.175. The summed E-state index contributed by atoms with van der Waals surface area (Å²) in [5, 5.41) is 8.17. The first kappa shape index (κ1) is 18.4. The molecule has 28 heavy (non-hydrogen) atoms. The van der Waals surface area contributed by atoms with E-state index in [2.05, 4.69) is 29.1 Å². The monoisotopic (exact) mass is 380 g/mol. The zero-order valence-corrected chi connectivity index (χ0v) is 16.1. The van der Waals surface area contributed by atoms with Crippen molar-refractivity contribution in [3.8, 4) is 5.75 Å². The molecule has 0 saturated carbocycles. The highest BCUT2D eigenvalue weighted by Crippen LogP contribution is 2.26. The van der Waals surface area contributed by atoms with Crippen molar-refractivity contribution < 1.29 is 14.4 Å². The van der Waals surface area contributed by atoms with Crippen LogP contribution >= 0.6 is 0 Å². The summed E-state index contributed by atoms with van der Waals surface area (Å²) in [6.07, 6.45) is 2.23. The van der Waals surface area contributed by atoms with Crippen LogP contribution in [-0.4, -0.2) is 51.3 Å². The first-order chi connectivity index (χ1) is 13.6. The quantitative estimate of drug-likeness (QED) is 0.634. The van der Waals surface area contributed by atoms with Crippen LogP contribution in [0, 0.1) is 0 Å². The number of nitrogens with zero attached hydrogens (tertiary/aromatic N) is 4. The van der Waals surface area contributed by atoms with Gasteiger partial charge in [-0.15, -0.1) is 5.10 Å². The molecule has 1 aromatic heterocycles. The van der Waals surface area contributed by atoms with E-state index in [1.807, 2.05) is 24.3 Å². The Kier molecular flexibility index (Phi) is 5.25. The second-order valence-electron chi connectivity index (χ2n) is 7.30. The third-order valence-electron chi connectivity index (χ3n) is 5.02. The molecule has 7 heteroatoms. The minimum Gasteiger partial charge on any atom is -0.487 e. The van der Waals surface area contributed by atoms with Gasteiger partial charge in [-0.2, -0.15) is 0 Å². The Morgan fingerprint density at radius 2 is 1.96 bits per heavy atom. The fourth-order valence-electron chi connectivity index (χ4n) is 3.48. The Hall–Kier alpha value is -2.93. The van der Waals surface area contributed by atoms with Crippen LogP contribution in [0.4, 0.5) is 0 Å². The van der Waals surface area contributed by atoms with E-state index in [0.717, 1.165) is 30.8 Å². The van der Waals surface area contributed by atoms with Gasteiger partial charge in [-0.1, -0.05) is 29.1 Å². The maximum absolute atomic E-state index is 12.3. The van der Waals surface area contributed by atoms with Crippen molar-refractivity contribution in [3.05, 3.63) is 54.1 Å². The van der Waals surface area contributed by atoms with Crippen LogP contribution in [0.2, 0.25) is 0 Å². The van der Waals surface area contributed by atoms with Gasteiger partial charge >= 0.3 is 5.97 Å². The van der Waals surface area contributed by atoms with Crippen molar-refractivity contribution in [1.29, 1.82) is 0 Å². The van der Waals surface area contributed by atoms with Crippen molar-refractivity contribution in [1.82, 2.24) is 20.1 Å². The van der Waals surface area contributed by atoms with E-state index in [9.17, 15) is 4.79 Å². The number of fused-ring (bicyclic) bond motifs is 1. The SMILES string of the molecule is CC(C)N1CCCC(Oc2cccc3c2nnn3OC(=O)c2ccccc2)C1. The van der Waals surface area contributed by atoms with Gasteiger partial charge in [0.2, 0.25) is 0 Å². The molecule has 146 valence electrons. The fraction of sp³-hybridized carbons (Fsp3) is 0.381. The standard InChI is InChI=1S/C21H24N4O3/c1-15(2)24-13-7-10-17(14-24)27-19-12-6-11-18-20(19)22-23-25(18)28-21(26)16-8-4-3-5-9-16/h3-6,8-9,11-12,15,17H,7,10,13-14H2,1-2H3. The van der Waals surface area contributed by atoms with Crippen molar-refractivity contribution in [3.63, 3.8) is 0 Å².